The number of hydrogen-bond donors (Lipinski definition) is 1. The van der Waals surface area contributed by atoms with E-state index in [4.69, 9.17) is 5.73 Å². The zero-order valence-corrected chi connectivity index (χ0v) is 10.5. The van der Waals surface area contributed by atoms with Crippen LogP contribution in [0, 0.1) is 6.92 Å². The minimum atomic E-state index is 0.0354. The molecule has 0 atom stereocenters. The first-order chi connectivity index (χ1) is 7.06. The first kappa shape index (κ1) is 12.2. The fraction of sp³-hybridized carbons (Fsp3) is 0.364. The van der Waals surface area contributed by atoms with Crippen LogP contribution < -0.4 is 10.6 Å². The number of rotatable bonds is 3. The molecule has 15 heavy (non-hydrogen) atoms. The van der Waals surface area contributed by atoms with E-state index in [9.17, 15) is 4.79 Å². The molecule has 0 aliphatic rings. The third-order valence-electron chi connectivity index (χ3n) is 2.28. The molecule has 1 rings (SSSR count). The Kier molecular flexibility index (Phi) is 4.29. The highest BCUT2D eigenvalue weighted by molar-refractivity contribution is 9.10. The van der Waals surface area contributed by atoms with Gasteiger partial charge >= 0.3 is 0 Å². The fourth-order valence-corrected chi connectivity index (χ4v) is 1.59. The second-order valence-electron chi connectivity index (χ2n) is 3.42. The van der Waals surface area contributed by atoms with Crippen molar-refractivity contribution in [2.24, 2.45) is 5.73 Å². The molecule has 1 aromatic rings. The minimum absolute atomic E-state index is 0.0354. The van der Waals surface area contributed by atoms with Crippen LogP contribution in [-0.2, 0) is 4.79 Å². The Labute approximate surface area is 98.4 Å². The van der Waals surface area contributed by atoms with E-state index in [-0.39, 0.29) is 5.91 Å². The second kappa shape index (κ2) is 5.28. The third kappa shape index (κ3) is 3.04. The predicted molar refractivity (Wildman–Crippen MR) is 66.0 cm³/mol. The van der Waals surface area contributed by atoms with Crippen LogP contribution in [0.4, 0.5) is 5.69 Å². The van der Waals surface area contributed by atoms with Crippen LogP contribution in [0.15, 0.2) is 22.7 Å². The lowest BCUT2D eigenvalue weighted by molar-refractivity contribution is -0.118. The zero-order chi connectivity index (χ0) is 11.4. The molecule has 0 unspecified atom stereocenters. The zero-order valence-electron chi connectivity index (χ0n) is 8.96. The van der Waals surface area contributed by atoms with Gasteiger partial charge in [0.25, 0.3) is 0 Å². The maximum atomic E-state index is 11.6. The van der Waals surface area contributed by atoms with Gasteiger partial charge < -0.3 is 10.6 Å². The number of carbonyl (C=O) groups is 1. The summed E-state index contributed by atoms with van der Waals surface area (Å²) >= 11 is 3.44. The maximum Gasteiger partial charge on any atom is 0.227 e. The van der Waals surface area contributed by atoms with Gasteiger partial charge in [-0.05, 0) is 24.6 Å². The molecule has 0 radical (unpaired) electrons. The van der Waals surface area contributed by atoms with Gasteiger partial charge in [-0.2, -0.15) is 0 Å². The molecule has 0 aromatic heterocycles. The lowest BCUT2D eigenvalue weighted by atomic mass is 10.2. The molecule has 0 spiro atoms. The summed E-state index contributed by atoms with van der Waals surface area (Å²) in [6, 6.07) is 5.84. The smallest absolute Gasteiger partial charge is 0.227 e. The number of halogens is 1. The fourth-order valence-electron chi connectivity index (χ4n) is 1.23. The van der Waals surface area contributed by atoms with E-state index >= 15 is 0 Å². The Morgan fingerprint density at radius 2 is 2.20 bits per heavy atom. The minimum Gasteiger partial charge on any atom is -0.330 e. The molecule has 3 nitrogen and oxygen atoms in total. The van der Waals surface area contributed by atoms with E-state index in [1.165, 1.54) is 0 Å². The van der Waals surface area contributed by atoms with E-state index in [0.29, 0.717) is 13.0 Å². The molecule has 82 valence electrons. The molecule has 1 amide bonds. The Bertz CT molecular complexity index is 366. The number of benzene rings is 1. The van der Waals surface area contributed by atoms with Crippen LogP contribution >= 0.6 is 15.9 Å². The van der Waals surface area contributed by atoms with Crippen molar-refractivity contribution in [3.63, 3.8) is 0 Å². The van der Waals surface area contributed by atoms with Crippen molar-refractivity contribution < 1.29 is 4.79 Å². The Morgan fingerprint density at radius 3 is 2.73 bits per heavy atom. The van der Waals surface area contributed by atoms with Gasteiger partial charge in [-0.1, -0.05) is 22.0 Å². The van der Waals surface area contributed by atoms with Gasteiger partial charge in [-0.15, -0.1) is 0 Å². The van der Waals surface area contributed by atoms with E-state index < -0.39 is 0 Å². The summed E-state index contributed by atoms with van der Waals surface area (Å²) in [5.74, 6) is 0.0354. The van der Waals surface area contributed by atoms with Gasteiger partial charge in [-0.25, -0.2) is 0 Å². The number of carbonyl (C=O) groups excluding carboxylic acids is 1. The SMILES string of the molecule is Cc1ccc(N(C)C(=O)CCN)cc1Br. The van der Waals surface area contributed by atoms with E-state index in [2.05, 4.69) is 15.9 Å². The first-order valence-corrected chi connectivity index (χ1v) is 5.58. The molecular weight excluding hydrogens is 256 g/mol. The van der Waals surface area contributed by atoms with E-state index in [1.807, 2.05) is 25.1 Å². The van der Waals surface area contributed by atoms with Gasteiger partial charge in [0.2, 0.25) is 5.91 Å². The van der Waals surface area contributed by atoms with Crippen molar-refractivity contribution in [3.05, 3.63) is 28.2 Å². The Hall–Kier alpha value is -0.870. The molecular formula is C11H15BrN2O. The normalized spacial score (nSPS) is 10.1. The van der Waals surface area contributed by atoms with Crippen LogP contribution in [0.5, 0.6) is 0 Å². The van der Waals surface area contributed by atoms with Crippen LogP contribution in [0.25, 0.3) is 0 Å². The number of aryl methyl sites for hydroxylation is 1. The van der Waals surface area contributed by atoms with Gasteiger partial charge in [0, 0.05) is 30.2 Å². The van der Waals surface area contributed by atoms with Crippen molar-refractivity contribution in [2.45, 2.75) is 13.3 Å². The monoisotopic (exact) mass is 270 g/mol. The molecule has 0 bridgehead atoms. The number of nitrogens with zero attached hydrogens (tertiary/aromatic N) is 1. The Balaban J connectivity index is 2.86. The second-order valence-corrected chi connectivity index (χ2v) is 4.28. The predicted octanol–water partition coefficient (Wildman–Crippen LogP) is 2.07. The average molecular weight is 271 g/mol. The van der Waals surface area contributed by atoms with Crippen molar-refractivity contribution in [2.75, 3.05) is 18.5 Å². The summed E-state index contributed by atoms with van der Waals surface area (Å²) in [5.41, 5.74) is 7.37. The lowest BCUT2D eigenvalue weighted by Gasteiger charge is -2.17. The lowest BCUT2D eigenvalue weighted by Crippen LogP contribution is -2.28. The summed E-state index contributed by atoms with van der Waals surface area (Å²) in [4.78, 5) is 13.2. The summed E-state index contributed by atoms with van der Waals surface area (Å²) < 4.78 is 1.01. The molecule has 0 saturated carbocycles. The van der Waals surface area contributed by atoms with Crippen LogP contribution in [0.2, 0.25) is 0 Å². The topological polar surface area (TPSA) is 46.3 Å². The summed E-state index contributed by atoms with van der Waals surface area (Å²) in [6.45, 7) is 2.39. The molecule has 0 fully saturated rings. The number of hydrogen-bond acceptors (Lipinski definition) is 2. The van der Waals surface area contributed by atoms with E-state index in [1.54, 1.807) is 11.9 Å². The molecule has 0 aliphatic heterocycles. The van der Waals surface area contributed by atoms with Gasteiger partial charge in [0.1, 0.15) is 0 Å². The molecule has 1 aromatic carbocycles. The molecule has 2 N–H and O–H groups in total. The third-order valence-corrected chi connectivity index (χ3v) is 3.13. The van der Waals surface area contributed by atoms with Crippen molar-refractivity contribution in [1.82, 2.24) is 0 Å². The van der Waals surface area contributed by atoms with E-state index in [0.717, 1.165) is 15.7 Å². The van der Waals surface area contributed by atoms with Crippen LogP contribution in [-0.4, -0.2) is 19.5 Å². The van der Waals surface area contributed by atoms with Gasteiger partial charge in [-0.3, -0.25) is 4.79 Å². The first-order valence-electron chi connectivity index (χ1n) is 4.79. The van der Waals surface area contributed by atoms with Crippen molar-refractivity contribution in [3.8, 4) is 0 Å². The van der Waals surface area contributed by atoms with Crippen LogP contribution in [0.1, 0.15) is 12.0 Å². The van der Waals surface area contributed by atoms with Crippen molar-refractivity contribution >= 4 is 27.5 Å². The highest BCUT2D eigenvalue weighted by Gasteiger charge is 2.10. The average Bonchev–Trinajstić information content (AvgIpc) is 2.21. The summed E-state index contributed by atoms with van der Waals surface area (Å²) in [6.07, 6.45) is 0.377. The van der Waals surface area contributed by atoms with Crippen LogP contribution in [0.3, 0.4) is 0 Å². The number of nitrogens with two attached hydrogens (primary N) is 1. The Morgan fingerprint density at radius 1 is 1.53 bits per heavy atom. The number of amides is 1. The quantitative estimate of drug-likeness (QED) is 0.914. The highest BCUT2D eigenvalue weighted by atomic mass is 79.9. The van der Waals surface area contributed by atoms with Gasteiger partial charge in [0.05, 0.1) is 0 Å². The molecule has 0 heterocycles. The highest BCUT2D eigenvalue weighted by Crippen LogP contribution is 2.23. The standard InChI is InChI=1S/C11H15BrN2O/c1-8-3-4-9(7-10(8)12)14(2)11(15)5-6-13/h3-4,7H,5-6,13H2,1-2H3. The maximum absolute atomic E-state index is 11.6. The molecule has 4 heteroatoms. The van der Waals surface area contributed by atoms with Crippen molar-refractivity contribution in [1.29, 1.82) is 0 Å². The summed E-state index contributed by atoms with van der Waals surface area (Å²) in [5, 5.41) is 0. The summed E-state index contributed by atoms with van der Waals surface area (Å²) in [7, 11) is 1.76. The number of anilines is 1. The molecule has 0 saturated heterocycles. The largest absolute Gasteiger partial charge is 0.330 e. The van der Waals surface area contributed by atoms with Gasteiger partial charge in [0.15, 0.2) is 0 Å². The molecule has 0 aliphatic carbocycles.